The lowest BCUT2D eigenvalue weighted by atomic mass is 9.96. The smallest absolute Gasteiger partial charge is 0.358 e. The van der Waals surface area contributed by atoms with Crippen molar-refractivity contribution in [1.29, 1.82) is 0 Å². The number of rotatable bonds is 4. The van der Waals surface area contributed by atoms with Gasteiger partial charge in [-0.25, -0.2) is 0 Å². The average molecular weight is 329 g/mol. The lowest BCUT2D eigenvalue weighted by Crippen LogP contribution is -2.39. The number of carbonyl (C=O) groups is 1. The summed E-state index contributed by atoms with van der Waals surface area (Å²) < 4.78 is 1.66. The molecular formula is C16H19N5O3. The van der Waals surface area contributed by atoms with Crippen LogP contribution in [0.4, 0.5) is 17.3 Å². The predicted octanol–water partition coefficient (Wildman–Crippen LogP) is 2.18. The minimum atomic E-state index is -0.469. The number of benzene rings is 1. The van der Waals surface area contributed by atoms with Crippen LogP contribution in [0.1, 0.15) is 12.8 Å². The number of nitrogens with zero attached hydrogens (tertiary/aromatic N) is 4. The summed E-state index contributed by atoms with van der Waals surface area (Å²) in [5.74, 6) is 0.278. The Morgan fingerprint density at radius 1 is 1.29 bits per heavy atom. The summed E-state index contributed by atoms with van der Waals surface area (Å²) in [6.07, 6.45) is 2.75. The van der Waals surface area contributed by atoms with Crippen LogP contribution in [0.5, 0.6) is 0 Å². The van der Waals surface area contributed by atoms with Crippen LogP contribution in [0.2, 0.25) is 0 Å². The van der Waals surface area contributed by atoms with Crippen molar-refractivity contribution < 1.29 is 9.72 Å². The highest BCUT2D eigenvalue weighted by atomic mass is 16.6. The maximum atomic E-state index is 12.3. The number of aromatic nitrogens is 2. The van der Waals surface area contributed by atoms with Gasteiger partial charge in [0.25, 0.3) is 0 Å². The maximum Gasteiger partial charge on any atom is 0.406 e. The summed E-state index contributed by atoms with van der Waals surface area (Å²) in [6, 6.07) is 9.35. The van der Waals surface area contributed by atoms with Crippen LogP contribution in [0, 0.1) is 16.0 Å². The molecule has 8 heteroatoms. The van der Waals surface area contributed by atoms with E-state index < -0.39 is 4.92 Å². The molecule has 0 spiro atoms. The quantitative estimate of drug-likeness (QED) is 0.685. The van der Waals surface area contributed by atoms with Gasteiger partial charge in [0, 0.05) is 31.7 Å². The van der Waals surface area contributed by atoms with Crippen LogP contribution in [-0.4, -0.2) is 33.5 Å². The van der Waals surface area contributed by atoms with Crippen molar-refractivity contribution in [2.45, 2.75) is 12.8 Å². The van der Waals surface area contributed by atoms with Gasteiger partial charge in [-0.1, -0.05) is 18.2 Å². The molecule has 0 saturated carbocycles. The van der Waals surface area contributed by atoms with E-state index in [1.807, 2.05) is 35.2 Å². The molecule has 2 heterocycles. The van der Waals surface area contributed by atoms with Crippen LogP contribution in [-0.2, 0) is 11.8 Å². The van der Waals surface area contributed by atoms with Crippen molar-refractivity contribution in [3.8, 4) is 0 Å². The van der Waals surface area contributed by atoms with Crippen LogP contribution >= 0.6 is 0 Å². The zero-order chi connectivity index (χ0) is 17.1. The lowest BCUT2D eigenvalue weighted by molar-refractivity contribution is -0.388. The van der Waals surface area contributed by atoms with Gasteiger partial charge >= 0.3 is 5.82 Å². The largest absolute Gasteiger partial charge is 0.406 e. The first-order valence-electron chi connectivity index (χ1n) is 7.83. The van der Waals surface area contributed by atoms with E-state index in [4.69, 9.17) is 0 Å². The van der Waals surface area contributed by atoms with E-state index in [0.717, 1.165) is 5.69 Å². The lowest BCUT2D eigenvalue weighted by Gasteiger charge is -2.32. The SMILES string of the molecule is Cn1cnc([N+](=O)[O-])c1N1CCC(C(=O)Nc2ccccc2)CC1. The van der Waals surface area contributed by atoms with Crippen LogP contribution in [0.25, 0.3) is 0 Å². The summed E-state index contributed by atoms with van der Waals surface area (Å²) in [5, 5.41) is 14.0. The minimum Gasteiger partial charge on any atom is -0.358 e. The summed E-state index contributed by atoms with van der Waals surface area (Å²) >= 11 is 0. The van der Waals surface area contributed by atoms with Gasteiger partial charge in [0.05, 0.1) is 0 Å². The van der Waals surface area contributed by atoms with Gasteiger partial charge in [-0.05, 0) is 34.9 Å². The van der Waals surface area contributed by atoms with Gasteiger partial charge in [-0.15, -0.1) is 0 Å². The van der Waals surface area contributed by atoms with Crippen molar-refractivity contribution >= 4 is 23.2 Å². The van der Waals surface area contributed by atoms with Gasteiger partial charge < -0.3 is 20.3 Å². The molecule has 8 nitrogen and oxygen atoms in total. The van der Waals surface area contributed by atoms with Gasteiger partial charge in [0.15, 0.2) is 0 Å². The van der Waals surface area contributed by atoms with Crippen molar-refractivity contribution in [3.05, 3.63) is 46.8 Å². The Morgan fingerprint density at radius 3 is 2.58 bits per heavy atom. The van der Waals surface area contributed by atoms with Crippen molar-refractivity contribution in [1.82, 2.24) is 9.55 Å². The molecule has 0 atom stereocenters. The normalized spacial score (nSPS) is 15.3. The number of piperidine rings is 1. The Hall–Kier alpha value is -2.90. The molecule has 1 saturated heterocycles. The number of nitrogens with one attached hydrogen (secondary N) is 1. The molecule has 0 unspecified atom stereocenters. The Balaban J connectivity index is 1.63. The first-order valence-corrected chi connectivity index (χ1v) is 7.83. The molecule has 1 aromatic carbocycles. The third-order valence-corrected chi connectivity index (χ3v) is 4.27. The molecule has 1 fully saturated rings. The molecule has 1 aliphatic heterocycles. The number of carbonyl (C=O) groups excluding carboxylic acids is 1. The number of hydrogen-bond acceptors (Lipinski definition) is 5. The highest BCUT2D eigenvalue weighted by Gasteiger charge is 2.31. The summed E-state index contributed by atoms with van der Waals surface area (Å²) in [6.45, 7) is 1.18. The summed E-state index contributed by atoms with van der Waals surface area (Å²) in [4.78, 5) is 28.7. The standard InChI is InChI=1S/C16H19N5O3/c1-19-11-17-14(21(23)24)16(19)20-9-7-12(8-10-20)15(22)18-13-5-3-2-4-6-13/h2-6,11-12H,7-10H2,1H3,(H,18,22). The molecule has 1 amide bonds. The van der Waals surface area contributed by atoms with E-state index >= 15 is 0 Å². The van der Waals surface area contributed by atoms with E-state index in [1.165, 1.54) is 6.33 Å². The Kier molecular flexibility index (Phi) is 4.45. The van der Waals surface area contributed by atoms with E-state index in [2.05, 4.69) is 10.3 Å². The third kappa shape index (κ3) is 3.22. The number of anilines is 2. The minimum absolute atomic E-state index is 0.000329. The molecule has 0 aliphatic carbocycles. The molecule has 1 aliphatic rings. The molecular weight excluding hydrogens is 310 g/mol. The Bertz CT molecular complexity index is 735. The second-order valence-electron chi connectivity index (χ2n) is 5.88. The molecule has 24 heavy (non-hydrogen) atoms. The van der Waals surface area contributed by atoms with Gasteiger partial charge in [-0.3, -0.25) is 9.36 Å². The van der Waals surface area contributed by atoms with Crippen LogP contribution in [0.3, 0.4) is 0 Å². The second kappa shape index (κ2) is 6.69. The third-order valence-electron chi connectivity index (χ3n) is 4.27. The number of aryl methyl sites for hydroxylation is 1. The molecule has 2 aromatic rings. The average Bonchev–Trinajstić information content (AvgIpc) is 2.98. The topological polar surface area (TPSA) is 93.3 Å². The highest BCUT2D eigenvalue weighted by Crippen LogP contribution is 2.30. The van der Waals surface area contributed by atoms with E-state index in [-0.39, 0.29) is 17.6 Å². The number of hydrogen-bond donors (Lipinski definition) is 1. The molecule has 126 valence electrons. The zero-order valence-electron chi connectivity index (χ0n) is 13.4. The first-order chi connectivity index (χ1) is 11.6. The van der Waals surface area contributed by atoms with E-state index in [0.29, 0.717) is 31.7 Å². The first kappa shape index (κ1) is 16.0. The monoisotopic (exact) mass is 329 g/mol. The number of imidazole rings is 1. The fourth-order valence-corrected chi connectivity index (χ4v) is 3.02. The van der Waals surface area contributed by atoms with E-state index in [9.17, 15) is 14.9 Å². The summed E-state index contributed by atoms with van der Waals surface area (Å²) in [5.41, 5.74) is 0.784. The van der Waals surface area contributed by atoms with Crippen LogP contribution in [0.15, 0.2) is 36.7 Å². The van der Waals surface area contributed by atoms with Gasteiger partial charge in [0.1, 0.15) is 0 Å². The number of nitro groups is 1. The van der Waals surface area contributed by atoms with Gasteiger partial charge in [-0.2, -0.15) is 0 Å². The number of amides is 1. The molecule has 3 rings (SSSR count). The molecule has 1 N–H and O–H groups in total. The molecule has 0 bridgehead atoms. The zero-order valence-corrected chi connectivity index (χ0v) is 13.4. The van der Waals surface area contributed by atoms with Gasteiger partial charge in [0.2, 0.25) is 18.1 Å². The fourth-order valence-electron chi connectivity index (χ4n) is 3.02. The van der Waals surface area contributed by atoms with Crippen molar-refractivity contribution in [2.75, 3.05) is 23.3 Å². The Morgan fingerprint density at radius 2 is 1.96 bits per heavy atom. The van der Waals surface area contributed by atoms with Crippen molar-refractivity contribution in [3.63, 3.8) is 0 Å². The summed E-state index contributed by atoms with van der Waals surface area (Å²) in [7, 11) is 1.74. The molecule has 1 aromatic heterocycles. The number of para-hydroxylation sites is 1. The fraction of sp³-hybridized carbons (Fsp3) is 0.375. The predicted molar refractivity (Wildman–Crippen MR) is 89.9 cm³/mol. The van der Waals surface area contributed by atoms with Crippen LogP contribution < -0.4 is 10.2 Å². The highest BCUT2D eigenvalue weighted by molar-refractivity contribution is 5.92. The maximum absolute atomic E-state index is 12.3. The van der Waals surface area contributed by atoms with Crippen molar-refractivity contribution in [2.24, 2.45) is 13.0 Å². The van der Waals surface area contributed by atoms with E-state index in [1.54, 1.807) is 11.6 Å². The molecule has 0 radical (unpaired) electrons. The second-order valence-corrected chi connectivity index (χ2v) is 5.88. The Labute approximate surface area is 139 Å².